The summed E-state index contributed by atoms with van der Waals surface area (Å²) in [6.07, 6.45) is 2.75. The molecule has 0 radical (unpaired) electrons. The lowest BCUT2D eigenvalue weighted by Crippen LogP contribution is -2.31. The summed E-state index contributed by atoms with van der Waals surface area (Å²) in [5.41, 5.74) is 1.19. The van der Waals surface area contributed by atoms with Gasteiger partial charge in [-0.15, -0.1) is 0 Å². The number of benzene rings is 1. The zero-order chi connectivity index (χ0) is 12.8. The predicted molar refractivity (Wildman–Crippen MR) is 78.0 cm³/mol. The highest BCUT2D eigenvalue weighted by Crippen LogP contribution is 2.14. The Kier molecular flexibility index (Phi) is 5.48. The van der Waals surface area contributed by atoms with Gasteiger partial charge in [0.2, 0.25) is 0 Å². The van der Waals surface area contributed by atoms with Crippen LogP contribution in [0, 0.1) is 5.92 Å². The van der Waals surface area contributed by atoms with Crippen molar-refractivity contribution in [1.29, 1.82) is 0 Å². The first-order chi connectivity index (χ1) is 8.75. The molecule has 0 aliphatic carbocycles. The molecule has 1 heterocycles. The number of nitrogens with one attached hydrogen (secondary N) is 1. The largest absolute Gasteiger partial charge is 0.312 e. The van der Waals surface area contributed by atoms with E-state index < -0.39 is 0 Å². The van der Waals surface area contributed by atoms with Crippen LogP contribution in [-0.2, 0) is 6.54 Å². The minimum Gasteiger partial charge on any atom is -0.312 e. The van der Waals surface area contributed by atoms with E-state index in [4.69, 9.17) is 11.6 Å². The Bertz CT molecular complexity index is 361. The molecule has 0 amide bonds. The van der Waals surface area contributed by atoms with E-state index in [2.05, 4.69) is 23.2 Å². The molecule has 1 unspecified atom stereocenters. The minimum absolute atomic E-state index is 0.700. The van der Waals surface area contributed by atoms with Crippen LogP contribution in [0.1, 0.15) is 25.3 Å². The molecule has 0 saturated carbocycles. The molecule has 18 heavy (non-hydrogen) atoms. The van der Waals surface area contributed by atoms with Gasteiger partial charge in [-0.1, -0.05) is 36.7 Å². The third-order valence-electron chi connectivity index (χ3n) is 3.53. The number of halogens is 1. The fourth-order valence-electron chi connectivity index (χ4n) is 2.57. The van der Waals surface area contributed by atoms with Gasteiger partial charge in [0.15, 0.2) is 0 Å². The van der Waals surface area contributed by atoms with E-state index in [0.29, 0.717) is 5.92 Å². The van der Waals surface area contributed by atoms with E-state index in [9.17, 15) is 0 Å². The first-order valence-corrected chi connectivity index (χ1v) is 7.30. The minimum atomic E-state index is 0.700. The standard InChI is InChI=1S/C15H23ClN2/c1-13(12-18-8-4-5-9-18)10-17-11-14-6-2-3-7-15(14)16/h2-3,6-7,13,17H,4-5,8-12H2,1H3. The average Bonchev–Trinajstić information content (AvgIpc) is 2.84. The quantitative estimate of drug-likeness (QED) is 0.851. The predicted octanol–water partition coefficient (Wildman–Crippen LogP) is 3.16. The molecule has 1 atom stereocenters. The molecule has 1 aromatic carbocycles. The summed E-state index contributed by atoms with van der Waals surface area (Å²) in [7, 11) is 0. The van der Waals surface area contributed by atoms with Crippen molar-refractivity contribution in [2.45, 2.75) is 26.3 Å². The lowest BCUT2D eigenvalue weighted by Gasteiger charge is -2.20. The van der Waals surface area contributed by atoms with Crippen molar-refractivity contribution < 1.29 is 0 Å². The van der Waals surface area contributed by atoms with Gasteiger partial charge in [-0.3, -0.25) is 0 Å². The molecule has 0 bridgehead atoms. The molecule has 1 aromatic rings. The zero-order valence-corrected chi connectivity index (χ0v) is 11.9. The number of hydrogen-bond donors (Lipinski definition) is 1. The van der Waals surface area contributed by atoms with E-state index in [1.54, 1.807) is 0 Å². The van der Waals surface area contributed by atoms with E-state index in [-0.39, 0.29) is 0 Å². The Hall–Kier alpha value is -0.570. The Labute approximate surface area is 115 Å². The van der Waals surface area contributed by atoms with Gasteiger partial charge in [0.25, 0.3) is 0 Å². The first kappa shape index (κ1) is 13.9. The summed E-state index contributed by atoms with van der Waals surface area (Å²) >= 11 is 6.13. The van der Waals surface area contributed by atoms with Crippen molar-refractivity contribution in [1.82, 2.24) is 10.2 Å². The van der Waals surface area contributed by atoms with E-state index in [1.165, 1.54) is 38.0 Å². The summed E-state index contributed by atoms with van der Waals surface area (Å²) in [4.78, 5) is 2.57. The Morgan fingerprint density at radius 2 is 2.00 bits per heavy atom. The van der Waals surface area contributed by atoms with Crippen molar-refractivity contribution in [3.05, 3.63) is 34.9 Å². The fourth-order valence-corrected chi connectivity index (χ4v) is 2.77. The van der Waals surface area contributed by atoms with Crippen LogP contribution in [0.4, 0.5) is 0 Å². The molecule has 0 spiro atoms. The van der Waals surface area contributed by atoms with Gasteiger partial charge in [0.1, 0.15) is 0 Å². The molecule has 0 aromatic heterocycles. The third kappa shape index (κ3) is 4.27. The van der Waals surface area contributed by atoms with Gasteiger partial charge >= 0.3 is 0 Å². The average molecular weight is 267 g/mol. The monoisotopic (exact) mass is 266 g/mol. The summed E-state index contributed by atoms with van der Waals surface area (Å²) in [5, 5.41) is 4.36. The van der Waals surface area contributed by atoms with Crippen LogP contribution in [0.25, 0.3) is 0 Å². The van der Waals surface area contributed by atoms with Crippen molar-refractivity contribution >= 4 is 11.6 Å². The Balaban J connectivity index is 1.67. The molecule has 2 rings (SSSR count). The lowest BCUT2D eigenvalue weighted by molar-refractivity contribution is 0.282. The van der Waals surface area contributed by atoms with Crippen molar-refractivity contribution in [2.75, 3.05) is 26.2 Å². The van der Waals surface area contributed by atoms with E-state index in [1.807, 2.05) is 18.2 Å². The molecule has 1 aliphatic rings. The lowest BCUT2D eigenvalue weighted by atomic mass is 10.1. The molecular formula is C15H23ClN2. The van der Waals surface area contributed by atoms with E-state index in [0.717, 1.165) is 18.1 Å². The van der Waals surface area contributed by atoms with Gasteiger partial charge < -0.3 is 10.2 Å². The molecule has 3 heteroatoms. The number of likely N-dealkylation sites (tertiary alicyclic amines) is 1. The maximum absolute atomic E-state index is 6.13. The SMILES string of the molecule is CC(CNCc1ccccc1Cl)CN1CCCC1. The molecule has 1 aliphatic heterocycles. The Morgan fingerprint density at radius 3 is 2.72 bits per heavy atom. The van der Waals surface area contributed by atoms with Crippen LogP contribution in [0.5, 0.6) is 0 Å². The van der Waals surface area contributed by atoms with Crippen molar-refractivity contribution in [3.63, 3.8) is 0 Å². The molecule has 1 fully saturated rings. The molecule has 1 saturated heterocycles. The maximum atomic E-state index is 6.13. The second-order valence-electron chi connectivity index (χ2n) is 5.34. The van der Waals surface area contributed by atoms with Gasteiger partial charge in [-0.25, -0.2) is 0 Å². The summed E-state index contributed by atoms with van der Waals surface area (Å²) < 4.78 is 0. The summed E-state index contributed by atoms with van der Waals surface area (Å²) in [6.45, 7) is 8.03. The second kappa shape index (κ2) is 7.13. The van der Waals surface area contributed by atoms with Crippen molar-refractivity contribution in [2.24, 2.45) is 5.92 Å². The van der Waals surface area contributed by atoms with Crippen molar-refractivity contribution in [3.8, 4) is 0 Å². The van der Waals surface area contributed by atoms with Crippen LogP contribution >= 0.6 is 11.6 Å². The second-order valence-corrected chi connectivity index (χ2v) is 5.74. The summed E-state index contributed by atoms with van der Waals surface area (Å²) in [5.74, 6) is 0.700. The van der Waals surface area contributed by atoms with Crippen LogP contribution in [0.3, 0.4) is 0 Å². The van der Waals surface area contributed by atoms with Crippen LogP contribution in [0.15, 0.2) is 24.3 Å². The normalized spacial score (nSPS) is 18.1. The number of hydrogen-bond acceptors (Lipinski definition) is 2. The van der Waals surface area contributed by atoms with Gasteiger partial charge in [-0.2, -0.15) is 0 Å². The van der Waals surface area contributed by atoms with E-state index >= 15 is 0 Å². The van der Waals surface area contributed by atoms with Gasteiger partial charge in [0, 0.05) is 18.1 Å². The highest BCUT2D eigenvalue weighted by molar-refractivity contribution is 6.31. The molecular weight excluding hydrogens is 244 g/mol. The van der Waals surface area contributed by atoms with Crippen LogP contribution < -0.4 is 5.32 Å². The number of nitrogens with zero attached hydrogens (tertiary/aromatic N) is 1. The highest BCUT2D eigenvalue weighted by Gasteiger charge is 2.14. The van der Waals surface area contributed by atoms with Crippen LogP contribution in [0.2, 0.25) is 5.02 Å². The smallest absolute Gasteiger partial charge is 0.0450 e. The van der Waals surface area contributed by atoms with Gasteiger partial charge in [-0.05, 0) is 50.0 Å². The van der Waals surface area contributed by atoms with Gasteiger partial charge in [0.05, 0.1) is 0 Å². The topological polar surface area (TPSA) is 15.3 Å². The van der Waals surface area contributed by atoms with Crippen LogP contribution in [-0.4, -0.2) is 31.1 Å². The third-order valence-corrected chi connectivity index (χ3v) is 3.90. The fraction of sp³-hybridized carbons (Fsp3) is 0.600. The summed E-state index contributed by atoms with van der Waals surface area (Å²) in [6, 6.07) is 8.05. The first-order valence-electron chi connectivity index (χ1n) is 6.92. The number of rotatable bonds is 6. The molecule has 100 valence electrons. The molecule has 1 N–H and O–H groups in total. The molecule has 2 nitrogen and oxygen atoms in total. The zero-order valence-electron chi connectivity index (χ0n) is 11.2. The highest BCUT2D eigenvalue weighted by atomic mass is 35.5. The maximum Gasteiger partial charge on any atom is 0.0450 e. The Morgan fingerprint density at radius 1 is 1.28 bits per heavy atom.